The molecule has 1 amide bonds. The number of piperidine rings is 1. The summed E-state index contributed by atoms with van der Waals surface area (Å²) in [5.41, 5.74) is 9.73. The summed E-state index contributed by atoms with van der Waals surface area (Å²) >= 11 is 1.34. The van der Waals surface area contributed by atoms with Crippen LogP contribution in [0.3, 0.4) is 0 Å². The second kappa shape index (κ2) is 10.6. The first-order valence-electron chi connectivity index (χ1n) is 11.8. The average Bonchev–Trinajstić information content (AvgIpc) is 3.54. The molecule has 0 bridgehead atoms. The highest BCUT2D eigenvalue weighted by atomic mass is 32.1. The number of para-hydroxylation sites is 1. The van der Waals surface area contributed by atoms with Gasteiger partial charge in [-0.15, -0.1) is 11.3 Å². The van der Waals surface area contributed by atoms with E-state index in [1.165, 1.54) is 17.4 Å². The highest BCUT2D eigenvalue weighted by molar-refractivity contribution is 7.13. The zero-order valence-corrected chi connectivity index (χ0v) is 20.4. The molecular formula is C26H27FN6O2S. The number of nitrogens with two attached hydrogens (primary N) is 1. The Balaban J connectivity index is 1.31. The van der Waals surface area contributed by atoms with E-state index in [1.807, 2.05) is 35.4 Å². The van der Waals surface area contributed by atoms with E-state index < -0.39 is 11.7 Å². The Hall–Kier alpha value is -3.60. The van der Waals surface area contributed by atoms with Crippen molar-refractivity contribution in [2.75, 3.05) is 23.3 Å². The lowest BCUT2D eigenvalue weighted by Crippen LogP contribution is -2.43. The molecule has 1 fully saturated rings. The zero-order valence-electron chi connectivity index (χ0n) is 19.6. The Morgan fingerprint density at radius 3 is 2.86 bits per heavy atom. The number of carbonyl (C=O) groups excluding carboxylic acids is 1. The van der Waals surface area contributed by atoms with Crippen molar-refractivity contribution in [2.45, 2.75) is 32.0 Å². The van der Waals surface area contributed by atoms with Gasteiger partial charge in [0.25, 0.3) is 5.91 Å². The molecule has 36 heavy (non-hydrogen) atoms. The summed E-state index contributed by atoms with van der Waals surface area (Å²) in [6.07, 6.45) is 5.33. The lowest BCUT2D eigenvalue weighted by Gasteiger charge is -2.34. The highest BCUT2D eigenvalue weighted by Crippen LogP contribution is 2.32. The van der Waals surface area contributed by atoms with Gasteiger partial charge in [0.05, 0.1) is 30.7 Å². The number of carbonyl (C=O) groups is 1. The first-order valence-corrected chi connectivity index (χ1v) is 12.7. The first-order chi connectivity index (χ1) is 17.5. The van der Waals surface area contributed by atoms with Gasteiger partial charge in [-0.25, -0.2) is 9.37 Å². The minimum atomic E-state index is -0.407. The van der Waals surface area contributed by atoms with Gasteiger partial charge in [-0.2, -0.15) is 5.10 Å². The third-order valence-electron chi connectivity index (χ3n) is 6.25. The van der Waals surface area contributed by atoms with Crippen LogP contribution in [0.1, 0.15) is 34.5 Å². The fourth-order valence-electron chi connectivity index (χ4n) is 4.45. The normalized spacial score (nSPS) is 15.8. The molecular weight excluding hydrogens is 479 g/mol. The Morgan fingerprint density at radius 1 is 1.22 bits per heavy atom. The lowest BCUT2D eigenvalue weighted by molar-refractivity contribution is 0.102. The molecule has 0 spiro atoms. The smallest absolute Gasteiger partial charge is 0.275 e. The van der Waals surface area contributed by atoms with Gasteiger partial charge in [0.1, 0.15) is 16.5 Å². The van der Waals surface area contributed by atoms with Gasteiger partial charge in [0.2, 0.25) is 0 Å². The van der Waals surface area contributed by atoms with Crippen molar-refractivity contribution in [3.63, 3.8) is 0 Å². The summed E-state index contributed by atoms with van der Waals surface area (Å²) in [6.45, 7) is 1.70. The summed E-state index contributed by atoms with van der Waals surface area (Å²) in [4.78, 5) is 19.4. The fourth-order valence-corrected chi connectivity index (χ4v) is 5.22. The number of nitrogens with one attached hydrogen (secondary N) is 1. The van der Waals surface area contributed by atoms with Crippen molar-refractivity contribution in [3.8, 4) is 10.6 Å². The molecule has 2 aromatic carbocycles. The van der Waals surface area contributed by atoms with E-state index >= 15 is 0 Å². The molecule has 3 heterocycles. The molecule has 8 nitrogen and oxygen atoms in total. The Labute approximate surface area is 212 Å². The molecule has 186 valence electrons. The van der Waals surface area contributed by atoms with Gasteiger partial charge in [-0.1, -0.05) is 30.3 Å². The van der Waals surface area contributed by atoms with Crippen molar-refractivity contribution < 1.29 is 14.3 Å². The molecule has 1 atom stereocenters. The predicted octanol–water partition coefficient (Wildman–Crippen LogP) is 3.87. The molecule has 1 saturated heterocycles. The van der Waals surface area contributed by atoms with Crippen LogP contribution < -0.4 is 16.0 Å². The number of hydrogen-bond donors (Lipinski definition) is 3. The minimum absolute atomic E-state index is 0.0268. The molecule has 10 heteroatoms. The van der Waals surface area contributed by atoms with Crippen LogP contribution in [0, 0.1) is 5.82 Å². The Kier molecular flexibility index (Phi) is 7.08. The number of nitrogens with zero attached hydrogens (tertiary/aromatic N) is 4. The molecule has 0 unspecified atom stereocenters. The van der Waals surface area contributed by atoms with Crippen LogP contribution in [-0.4, -0.2) is 44.9 Å². The number of aromatic nitrogens is 3. The Bertz CT molecular complexity index is 1370. The quantitative estimate of drug-likeness (QED) is 0.351. The number of halogens is 1. The number of hydrogen-bond acceptors (Lipinski definition) is 7. The average molecular weight is 507 g/mol. The number of amides is 1. The number of thiazole rings is 1. The topological polar surface area (TPSA) is 109 Å². The third-order valence-corrected chi connectivity index (χ3v) is 7.14. The molecule has 4 N–H and O–H groups in total. The zero-order chi connectivity index (χ0) is 25.1. The molecule has 0 saturated carbocycles. The maximum absolute atomic E-state index is 14.8. The van der Waals surface area contributed by atoms with E-state index in [0.29, 0.717) is 36.0 Å². The van der Waals surface area contributed by atoms with E-state index in [1.54, 1.807) is 28.4 Å². The van der Waals surface area contributed by atoms with Crippen LogP contribution in [0.4, 0.5) is 15.8 Å². The van der Waals surface area contributed by atoms with E-state index in [9.17, 15) is 14.3 Å². The number of anilines is 2. The van der Waals surface area contributed by atoms with Gasteiger partial charge in [-0.3, -0.25) is 9.48 Å². The molecule has 2 aromatic heterocycles. The van der Waals surface area contributed by atoms with Gasteiger partial charge in [0.15, 0.2) is 0 Å². The van der Waals surface area contributed by atoms with Crippen molar-refractivity contribution >= 4 is 28.6 Å². The van der Waals surface area contributed by atoms with Crippen molar-refractivity contribution in [1.29, 1.82) is 0 Å². The first kappa shape index (κ1) is 24.1. The summed E-state index contributed by atoms with van der Waals surface area (Å²) in [7, 11) is 0. The van der Waals surface area contributed by atoms with Gasteiger partial charge in [0, 0.05) is 36.3 Å². The standard InChI is InChI=1S/C26H27FN6O2S/c27-21-8-3-9-22(24(21)32-10-4-7-20(28)14-32)30-25(35)23-16-36-26(31-23)19-11-29-33(13-19)12-17-5-1-2-6-18(17)15-34/h1-3,5-6,8-9,11,13,16,20,34H,4,7,10,12,14-15,28H2,(H,30,35)/t20-/m1/s1. The largest absolute Gasteiger partial charge is 0.392 e. The second-order valence-electron chi connectivity index (χ2n) is 8.83. The van der Waals surface area contributed by atoms with E-state index in [2.05, 4.69) is 15.4 Å². The number of benzene rings is 2. The molecule has 1 aliphatic rings. The second-order valence-corrected chi connectivity index (χ2v) is 9.69. The maximum Gasteiger partial charge on any atom is 0.275 e. The summed E-state index contributed by atoms with van der Waals surface area (Å²) in [5.74, 6) is -0.800. The van der Waals surface area contributed by atoms with Crippen LogP contribution in [0.15, 0.2) is 60.2 Å². The van der Waals surface area contributed by atoms with Gasteiger partial charge >= 0.3 is 0 Å². The van der Waals surface area contributed by atoms with Crippen LogP contribution in [0.2, 0.25) is 0 Å². The minimum Gasteiger partial charge on any atom is -0.392 e. The van der Waals surface area contributed by atoms with Crippen molar-refractivity contribution in [1.82, 2.24) is 14.8 Å². The van der Waals surface area contributed by atoms with E-state index in [-0.39, 0.29) is 18.3 Å². The number of aliphatic hydroxyl groups is 1. The van der Waals surface area contributed by atoms with E-state index in [0.717, 1.165) is 29.5 Å². The predicted molar refractivity (Wildman–Crippen MR) is 139 cm³/mol. The van der Waals surface area contributed by atoms with Gasteiger partial charge < -0.3 is 21.1 Å². The maximum atomic E-state index is 14.8. The van der Waals surface area contributed by atoms with Crippen LogP contribution in [0.25, 0.3) is 10.6 Å². The molecule has 0 aliphatic carbocycles. The Morgan fingerprint density at radius 2 is 2.06 bits per heavy atom. The lowest BCUT2D eigenvalue weighted by atomic mass is 10.1. The fraction of sp³-hybridized carbons (Fsp3) is 0.269. The summed E-state index contributed by atoms with van der Waals surface area (Å²) in [5, 5.41) is 19.1. The van der Waals surface area contributed by atoms with Crippen LogP contribution >= 0.6 is 11.3 Å². The molecule has 1 aliphatic heterocycles. The van der Waals surface area contributed by atoms with Crippen LogP contribution in [-0.2, 0) is 13.2 Å². The molecule has 4 aromatic rings. The highest BCUT2D eigenvalue weighted by Gasteiger charge is 2.24. The van der Waals surface area contributed by atoms with Crippen molar-refractivity contribution in [3.05, 3.63) is 82.9 Å². The number of aliphatic hydroxyl groups excluding tert-OH is 1. The monoisotopic (exact) mass is 506 g/mol. The van der Waals surface area contributed by atoms with Crippen molar-refractivity contribution in [2.24, 2.45) is 5.73 Å². The molecule has 5 rings (SSSR count). The SMILES string of the molecule is N[C@@H]1CCCN(c2c(F)cccc2NC(=O)c2csc(-c3cnn(Cc4ccccc4CO)c3)n2)C1. The van der Waals surface area contributed by atoms with Gasteiger partial charge in [-0.05, 0) is 36.1 Å². The number of rotatable bonds is 7. The summed E-state index contributed by atoms with van der Waals surface area (Å²) in [6, 6.07) is 12.3. The third kappa shape index (κ3) is 5.15. The van der Waals surface area contributed by atoms with E-state index in [4.69, 9.17) is 5.73 Å². The van der Waals surface area contributed by atoms with Crippen LogP contribution in [0.5, 0.6) is 0 Å². The summed E-state index contributed by atoms with van der Waals surface area (Å²) < 4.78 is 16.5. The molecule has 0 radical (unpaired) electrons.